The van der Waals surface area contributed by atoms with Gasteiger partial charge >= 0.3 is 17.9 Å². The molecule has 0 aliphatic heterocycles. The number of carbonyl (C=O) groups is 3. The minimum Gasteiger partial charge on any atom is -0.462 e. The molecule has 0 aliphatic rings. The van der Waals surface area contributed by atoms with Gasteiger partial charge in [-0.05, 0) is 154 Å². The number of esters is 3. The van der Waals surface area contributed by atoms with E-state index in [1.807, 2.05) is 0 Å². The monoisotopic (exact) mass is 1140 g/mol. The highest BCUT2D eigenvalue weighted by molar-refractivity contribution is 5.71. The first-order valence-electron chi connectivity index (χ1n) is 34.0. The van der Waals surface area contributed by atoms with E-state index >= 15 is 0 Å². The van der Waals surface area contributed by atoms with E-state index in [4.69, 9.17) is 14.2 Å². The Morgan fingerprint density at radius 3 is 0.735 bits per heavy atom. The molecule has 6 heteroatoms. The van der Waals surface area contributed by atoms with Gasteiger partial charge in [-0.15, -0.1) is 0 Å². The number of rotatable bonds is 60. The molecule has 0 spiro atoms. The molecule has 0 N–H and O–H groups in total. The van der Waals surface area contributed by atoms with Crippen LogP contribution in [0.5, 0.6) is 0 Å². The molecule has 0 saturated heterocycles. The van der Waals surface area contributed by atoms with Crippen LogP contribution in [0, 0.1) is 0 Å². The molecular weight excluding hydrogens is 1020 g/mol. The summed E-state index contributed by atoms with van der Waals surface area (Å²) in [5, 5.41) is 0. The number of unbranched alkanes of at least 4 members (excludes halogenated alkanes) is 23. The Morgan fingerprint density at radius 2 is 0.470 bits per heavy atom. The lowest BCUT2D eigenvalue weighted by molar-refractivity contribution is -0.167. The van der Waals surface area contributed by atoms with Crippen LogP contribution in [0.15, 0.2) is 158 Å². The lowest BCUT2D eigenvalue weighted by Gasteiger charge is -2.18. The highest BCUT2D eigenvalue weighted by Crippen LogP contribution is 2.14. The molecule has 0 aromatic rings. The Morgan fingerprint density at radius 1 is 0.253 bits per heavy atom. The summed E-state index contributed by atoms with van der Waals surface area (Å²) in [6, 6.07) is 0. The molecule has 6 nitrogen and oxygen atoms in total. The van der Waals surface area contributed by atoms with Gasteiger partial charge in [0.15, 0.2) is 6.10 Å². The maximum atomic E-state index is 12.9. The van der Waals surface area contributed by atoms with Gasteiger partial charge in [-0.1, -0.05) is 275 Å². The third-order valence-electron chi connectivity index (χ3n) is 14.0. The Kier molecular flexibility index (Phi) is 65.4. The molecule has 0 heterocycles. The van der Waals surface area contributed by atoms with Crippen molar-refractivity contribution >= 4 is 17.9 Å². The van der Waals surface area contributed by atoms with E-state index in [-0.39, 0.29) is 31.1 Å². The zero-order valence-electron chi connectivity index (χ0n) is 53.7. The van der Waals surface area contributed by atoms with E-state index in [0.717, 1.165) is 173 Å². The first-order valence-corrected chi connectivity index (χ1v) is 34.0. The van der Waals surface area contributed by atoms with E-state index in [9.17, 15) is 14.4 Å². The predicted octanol–water partition coefficient (Wildman–Crippen LogP) is 23.7. The fraction of sp³-hybridized carbons (Fsp3) is 0.623. The molecule has 0 fully saturated rings. The highest BCUT2D eigenvalue weighted by Gasteiger charge is 2.19. The number of carbonyl (C=O) groups excluding carboxylic acids is 3. The molecule has 1 atom stereocenters. The van der Waals surface area contributed by atoms with Crippen molar-refractivity contribution in [2.75, 3.05) is 13.2 Å². The average molecular weight is 1150 g/mol. The first-order chi connectivity index (χ1) is 41.0. The van der Waals surface area contributed by atoms with Crippen LogP contribution in [0.1, 0.15) is 290 Å². The summed E-state index contributed by atoms with van der Waals surface area (Å²) in [5.41, 5.74) is 0. The van der Waals surface area contributed by atoms with Crippen LogP contribution in [-0.4, -0.2) is 37.2 Å². The minimum atomic E-state index is -0.805. The topological polar surface area (TPSA) is 78.9 Å². The van der Waals surface area contributed by atoms with Crippen molar-refractivity contribution in [2.45, 2.75) is 297 Å². The van der Waals surface area contributed by atoms with Gasteiger partial charge in [0.1, 0.15) is 13.2 Å². The van der Waals surface area contributed by atoms with Crippen LogP contribution in [0.25, 0.3) is 0 Å². The summed E-state index contributed by atoms with van der Waals surface area (Å²) in [6.07, 6.45) is 101. The van der Waals surface area contributed by atoms with Crippen LogP contribution in [0.4, 0.5) is 0 Å². The van der Waals surface area contributed by atoms with Crippen molar-refractivity contribution < 1.29 is 28.6 Å². The largest absolute Gasteiger partial charge is 0.462 e. The number of hydrogen-bond donors (Lipinski definition) is 0. The normalized spacial score (nSPS) is 13.1. The zero-order valence-corrected chi connectivity index (χ0v) is 53.7. The highest BCUT2D eigenvalue weighted by atomic mass is 16.6. The Bertz CT molecular complexity index is 1840. The summed E-state index contributed by atoms with van der Waals surface area (Å²) in [7, 11) is 0. The summed E-state index contributed by atoms with van der Waals surface area (Å²) in [4.78, 5) is 38.4. The Hall–Kier alpha value is -4.97. The molecule has 0 amide bonds. The quantitative estimate of drug-likeness (QED) is 0.0261. The summed E-state index contributed by atoms with van der Waals surface area (Å²) in [5.74, 6) is -0.939. The predicted molar refractivity (Wildman–Crippen MR) is 362 cm³/mol. The third kappa shape index (κ3) is 67.7. The van der Waals surface area contributed by atoms with Gasteiger partial charge in [0.05, 0.1) is 0 Å². The van der Waals surface area contributed by atoms with Gasteiger partial charge < -0.3 is 14.2 Å². The molecule has 0 aliphatic carbocycles. The van der Waals surface area contributed by atoms with Crippen LogP contribution in [-0.2, 0) is 28.6 Å². The molecule has 0 aromatic heterocycles. The average Bonchev–Trinajstić information content (AvgIpc) is 3.49. The van der Waals surface area contributed by atoms with Gasteiger partial charge in [0.2, 0.25) is 0 Å². The Labute approximate surface area is 511 Å². The fourth-order valence-corrected chi connectivity index (χ4v) is 8.91. The van der Waals surface area contributed by atoms with Gasteiger partial charge in [-0.25, -0.2) is 0 Å². The maximum absolute atomic E-state index is 12.9. The van der Waals surface area contributed by atoms with Crippen molar-refractivity contribution in [3.05, 3.63) is 158 Å². The SMILES string of the molecule is CC/C=C\C/C=C\C/C=C\C/C=C\C/C=C\C/C=C\C/C=C\C/C=C\C/C=C\CCCCCCCC(=O)OCC(COC(=O)CCCCCCC/C=C\C/C=C\CCCCC)OC(=O)CCCCCCCCC/C=C\C/C=C\CCCCC. The second kappa shape index (κ2) is 69.5. The first kappa shape index (κ1) is 78.0. The molecule has 1 unspecified atom stereocenters. The van der Waals surface area contributed by atoms with Crippen LogP contribution in [0.3, 0.4) is 0 Å². The molecule has 0 radical (unpaired) electrons. The third-order valence-corrected chi connectivity index (χ3v) is 14.0. The molecular formula is C77H124O6. The second-order valence-electron chi connectivity index (χ2n) is 22.0. The molecule has 83 heavy (non-hydrogen) atoms. The zero-order chi connectivity index (χ0) is 59.9. The van der Waals surface area contributed by atoms with Crippen molar-refractivity contribution in [1.82, 2.24) is 0 Å². The minimum absolute atomic E-state index is 0.0998. The standard InChI is InChI=1S/C77H124O6/c1-4-7-10-13-16-19-22-25-28-30-31-32-33-34-35-36-37-38-39-40-41-42-43-44-45-47-49-52-55-58-61-64-67-70-76(79)82-73-74(72-81-75(78)69-66-63-60-57-54-51-48-27-24-21-18-15-12-9-6-3)83-77(80)71-68-65-62-59-56-53-50-46-29-26-23-20-17-14-11-8-5-2/h7,10,16-21,25-29,31-32,34-35,37-38,40-41,43-44,47-49,74H,4-6,8-9,11-15,22-24,30,33,36,39,42,45-46,50-73H2,1-3H3/b10-7-,19-16-,20-17-,21-18-,28-25-,29-26-,32-31-,35-34-,38-37-,41-40-,44-43-,48-27-,49-47-. The van der Waals surface area contributed by atoms with E-state index in [1.165, 1.54) is 77.0 Å². The number of allylic oxidation sites excluding steroid dienone is 26. The van der Waals surface area contributed by atoms with E-state index in [2.05, 4.69) is 179 Å². The number of ether oxygens (including phenoxy) is 3. The van der Waals surface area contributed by atoms with Crippen molar-refractivity contribution in [2.24, 2.45) is 0 Å². The van der Waals surface area contributed by atoms with E-state index in [0.29, 0.717) is 19.3 Å². The van der Waals surface area contributed by atoms with Crippen molar-refractivity contribution in [3.8, 4) is 0 Å². The number of hydrogen-bond acceptors (Lipinski definition) is 6. The molecule has 0 bridgehead atoms. The smallest absolute Gasteiger partial charge is 0.306 e. The van der Waals surface area contributed by atoms with Gasteiger partial charge in [-0.2, -0.15) is 0 Å². The van der Waals surface area contributed by atoms with Gasteiger partial charge in [-0.3, -0.25) is 14.4 Å². The van der Waals surface area contributed by atoms with Crippen LogP contribution < -0.4 is 0 Å². The lowest BCUT2D eigenvalue weighted by atomic mass is 10.1. The van der Waals surface area contributed by atoms with Crippen molar-refractivity contribution in [1.29, 1.82) is 0 Å². The molecule has 0 aromatic carbocycles. The van der Waals surface area contributed by atoms with E-state index < -0.39 is 6.10 Å². The van der Waals surface area contributed by atoms with Crippen molar-refractivity contribution in [3.63, 3.8) is 0 Å². The second-order valence-corrected chi connectivity index (χ2v) is 22.0. The molecule has 0 rings (SSSR count). The van der Waals surface area contributed by atoms with E-state index in [1.54, 1.807) is 0 Å². The fourth-order valence-electron chi connectivity index (χ4n) is 8.91. The summed E-state index contributed by atoms with van der Waals surface area (Å²) < 4.78 is 16.9. The molecule has 468 valence electrons. The van der Waals surface area contributed by atoms with Gasteiger partial charge in [0, 0.05) is 19.3 Å². The Balaban J connectivity index is 4.39. The van der Waals surface area contributed by atoms with Crippen LogP contribution in [0.2, 0.25) is 0 Å². The summed E-state index contributed by atoms with van der Waals surface area (Å²) in [6.45, 7) is 6.44. The van der Waals surface area contributed by atoms with Crippen LogP contribution >= 0.6 is 0 Å². The maximum Gasteiger partial charge on any atom is 0.306 e. The summed E-state index contributed by atoms with van der Waals surface area (Å²) >= 11 is 0. The lowest BCUT2D eigenvalue weighted by Crippen LogP contribution is -2.30. The van der Waals surface area contributed by atoms with Gasteiger partial charge in [0.25, 0.3) is 0 Å². The molecule has 0 saturated carbocycles.